The summed E-state index contributed by atoms with van der Waals surface area (Å²) in [5.74, 6) is -0.597. The third kappa shape index (κ3) is 2.97. The Morgan fingerprint density at radius 3 is 2.75 bits per heavy atom. The highest BCUT2D eigenvalue weighted by atomic mass is 16.6. The van der Waals surface area contributed by atoms with Crippen LogP contribution in [0.3, 0.4) is 0 Å². The molecular formula is C12H17N3O5. The number of aromatic nitrogens is 1. The van der Waals surface area contributed by atoms with Crippen LogP contribution in [0.1, 0.15) is 23.3 Å². The molecule has 1 saturated heterocycles. The van der Waals surface area contributed by atoms with Gasteiger partial charge in [0.05, 0.1) is 12.6 Å². The number of hydrogen-bond donors (Lipinski definition) is 2. The van der Waals surface area contributed by atoms with E-state index in [0.717, 1.165) is 0 Å². The van der Waals surface area contributed by atoms with Crippen LogP contribution in [0, 0.1) is 10.1 Å². The molecule has 2 N–H and O–H groups in total. The van der Waals surface area contributed by atoms with Crippen molar-refractivity contribution in [3.63, 3.8) is 0 Å². The second-order valence-corrected chi connectivity index (χ2v) is 4.91. The predicted molar refractivity (Wildman–Crippen MR) is 69.4 cm³/mol. The van der Waals surface area contributed by atoms with Gasteiger partial charge in [-0.15, -0.1) is 0 Å². The number of ether oxygens (including phenoxy) is 1. The van der Waals surface area contributed by atoms with Crippen LogP contribution >= 0.6 is 0 Å². The largest absolute Gasteiger partial charge is 0.388 e. The van der Waals surface area contributed by atoms with Crippen molar-refractivity contribution in [2.24, 2.45) is 7.05 Å². The van der Waals surface area contributed by atoms with Crippen LogP contribution in [0.25, 0.3) is 0 Å². The van der Waals surface area contributed by atoms with Gasteiger partial charge in [-0.1, -0.05) is 0 Å². The third-order valence-corrected chi connectivity index (χ3v) is 3.52. The van der Waals surface area contributed by atoms with Crippen LogP contribution in [-0.4, -0.2) is 45.9 Å². The molecule has 1 aliphatic heterocycles. The second-order valence-electron chi connectivity index (χ2n) is 4.91. The van der Waals surface area contributed by atoms with Crippen molar-refractivity contribution in [3.05, 3.63) is 27.9 Å². The van der Waals surface area contributed by atoms with Gasteiger partial charge in [0.1, 0.15) is 0 Å². The van der Waals surface area contributed by atoms with Crippen LogP contribution in [0.15, 0.2) is 12.1 Å². The molecule has 1 aromatic rings. The van der Waals surface area contributed by atoms with E-state index < -0.39 is 16.4 Å². The Labute approximate surface area is 115 Å². The number of nitrogens with one attached hydrogen (secondary N) is 1. The minimum Gasteiger partial charge on any atom is -0.388 e. The lowest BCUT2D eigenvalue weighted by molar-refractivity contribution is -0.391. The summed E-state index contributed by atoms with van der Waals surface area (Å²) in [6, 6.07) is 2.67. The van der Waals surface area contributed by atoms with E-state index in [1.54, 1.807) is 0 Å². The van der Waals surface area contributed by atoms with E-state index in [0.29, 0.717) is 26.1 Å². The highest BCUT2D eigenvalue weighted by Gasteiger charge is 2.31. The van der Waals surface area contributed by atoms with Gasteiger partial charge in [0.15, 0.2) is 5.69 Å². The van der Waals surface area contributed by atoms with Crippen LogP contribution < -0.4 is 5.32 Å². The molecule has 0 aromatic carbocycles. The lowest BCUT2D eigenvalue weighted by atomic mass is 9.94. The summed E-state index contributed by atoms with van der Waals surface area (Å²) >= 11 is 0. The van der Waals surface area contributed by atoms with Gasteiger partial charge in [-0.3, -0.25) is 4.79 Å². The van der Waals surface area contributed by atoms with E-state index in [1.807, 2.05) is 0 Å². The molecule has 110 valence electrons. The maximum absolute atomic E-state index is 12.0. The first-order chi connectivity index (χ1) is 9.43. The SMILES string of the molecule is Cn1c(C(=O)NCC2(O)CCOCC2)ccc1[N+](=O)[O-]. The maximum Gasteiger partial charge on any atom is 0.323 e. The minimum atomic E-state index is -0.967. The molecule has 0 spiro atoms. The number of aliphatic hydroxyl groups is 1. The van der Waals surface area contributed by atoms with E-state index in [2.05, 4.69) is 5.32 Å². The number of nitrogens with zero attached hydrogens (tertiary/aromatic N) is 2. The van der Waals surface area contributed by atoms with Crippen molar-refractivity contribution in [1.82, 2.24) is 9.88 Å². The lowest BCUT2D eigenvalue weighted by Gasteiger charge is -2.31. The molecule has 1 fully saturated rings. The fraction of sp³-hybridized carbons (Fsp3) is 0.583. The maximum atomic E-state index is 12.0. The van der Waals surface area contributed by atoms with E-state index in [4.69, 9.17) is 4.74 Å². The molecule has 8 heteroatoms. The summed E-state index contributed by atoms with van der Waals surface area (Å²) in [7, 11) is 1.45. The Bertz CT molecular complexity index is 519. The van der Waals surface area contributed by atoms with Gasteiger partial charge >= 0.3 is 5.82 Å². The average molecular weight is 283 g/mol. The van der Waals surface area contributed by atoms with Crippen molar-refractivity contribution in [2.45, 2.75) is 18.4 Å². The standard InChI is InChI=1S/C12H17N3O5/c1-14-9(2-3-10(14)15(18)19)11(16)13-8-12(17)4-6-20-7-5-12/h2-3,17H,4-8H2,1H3,(H,13,16). The van der Waals surface area contributed by atoms with E-state index in [1.165, 1.54) is 23.7 Å². The van der Waals surface area contributed by atoms with Crippen molar-refractivity contribution in [2.75, 3.05) is 19.8 Å². The fourth-order valence-electron chi connectivity index (χ4n) is 2.18. The Morgan fingerprint density at radius 1 is 1.55 bits per heavy atom. The first kappa shape index (κ1) is 14.5. The normalized spacial score (nSPS) is 17.7. The van der Waals surface area contributed by atoms with E-state index in [-0.39, 0.29) is 18.1 Å². The number of hydrogen-bond acceptors (Lipinski definition) is 5. The number of amides is 1. The first-order valence-electron chi connectivity index (χ1n) is 6.31. The molecule has 0 unspecified atom stereocenters. The van der Waals surface area contributed by atoms with Gasteiger partial charge in [-0.2, -0.15) is 0 Å². The van der Waals surface area contributed by atoms with Crippen LogP contribution in [0.4, 0.5) is 5.82 Å². The summed E-state index contributed by atoms with van der Waals surface area (Å²) < 4.78 is 6.37. The Balaban J connectivity index is 2.00. The lowest BCUT2D eigenvalue weighted by Crippen LogP contribution is -2.46. The molecule has 0 radical (unpaired) electrons. The Hall–Kier alpha value is -1.93. The van der Waals surface area contributed by atoms with E-state index in [9.17, 15) is 20.0 Å². The molecule has 1 aromatic heterocycles. The van der Waals surface area contributed by atoms with Crippen LogP contribution in [0.2, 0.25) is 0 Å². The molecule has 2 heterocycles. The fourth-order valence-corrected chi connectivity index (χ4v) is 2.18. The number of carbonyl (C=O) groups excluding carboxylic acids is 1. The molecule has 8 nitrogen and oxygen atoms in total. The highest BCUT2D eigenvalue weighted by molar-refractivity contribution is 5.93. The predicted octanol–water partition coefficient (Wildman–Crippen LogP) is 0.205. The number of carbonyl (C=O) groups is 1. The number of rotatable bonds is 4. The van der Waals surface area contributed by atoms with E-state index >= 15 is 0 Å². The molecule has 0 saturated carbocycles. The van der Waals surface area contributed by atoms with Gasteiger partial charge in [-0.25, -0.2) is 4.57 Å². The second kappa shape index (κ2) is 5.59. The summed E-state index contributed by atoms with van der Waals surface area (Å²) in [5.41, 5.74) is -0.780. The topological polar surface area (TPSA) is 107 Å². The van der Waals surface area contributed by atoms with Crippen molar-refractivity contribution >= 4 is 11.7 Å². The molecule has 0 aliphatic carbocycles. The molecule has 0 atom stereocenters. The highest BCUT2D eigenvalue weighted by Crippen LogP contribution is 2.20. The van der Waals surface area contributed by atoms with Crippen LogP contribution in [0.5, 0.6) is 0 Å². The van der Waals surface area contributed by atoms with Gasteiger partial charge < -0.3 is 25.3 Å². The molecular weight excluding hydrogens is 266 g/mol. The van der Waals surface area contributed by atoms with Gasteiger partial charge in [0.25, 0.3) is 5.91 Å². The summed E-state index contributed by atoms with van der Waals surface area (Å²) in [4.78, 5) is 22.1. The van der Waals surface area contributed by atoms with Crippen molar-refractivity contribution in [1.29, 1.82) is 0 Å². The van der Waals surface area contributed by atoms with Crippen molar-refractivity contribution in [3.8, 4) is 0 Å². The zero-order valence-corrected chi connectivity index (χ0v) is 11.2. The summed E-state index contributed by atoms with van der Waals surface area (Å²) in [5, 5.41) is 23.5. The first-order valence-corrected chi connectivity index (χ1v) is 6.31. The molecule has 0 bridgehead atoms. The van der Waals surface area contributed by atoms with Gasteiger partial charge in [-0.05, 0) is 11.0 Å². The summed E-state index contributed by atoms with van der Waals surface area (Å²) in [6.07, 6.45) is 0.918. The molecule has 20 heavy (non-hydrogen) atoms. The Kier molecular flexibility index (Phi) is 4.05. The minimum absolute atomic E-state index is 0.105. The van der Waals surface area contributed by atoms with Gasteiger partial charge in [0, 0.05) is 38.7 Å². The van der Waals surface area contributed by atoms with Crippen LogP contribution in [-0.2, 0) is 11.8 Å². The number of nitro groups is 1. The zero-order valence-electron chi connectivity index (χ0n) is 11.2. The molecule has 1 amide bonds. The average Bonchev–Trinajstić information content (AvgIpc) is 2.79. The molecule has 1 aliphatic rings. The zero-order chi connectivity index (χ0) is 14.8. The quantitative estimate of drug-likeness (QED) is 0.606. The molecule has 2 rings (SSSR count). The van der Waals surface area contributed by atoms with Crippen molar-refractivity contribution < 1.29 is 19.6 Å². The van der Waals surface area contributed by atoms with Gasteiger partial charge in [0.2, 0.25) is 0 Å². The third-order valence-electron chi connectivity index (χ3n) is 3.52. The Morgan fingerprint density at radius 2 is 2.20 bits per heavy atom. The summed E-state index contributed by atoms with van der Waals surface area (Å²) in [6.45, 7) is 1.03. The smallest absolute Gasteiger partial charge is 0.323 e. The monoisotopic (exact) mass is 283 g/mol.